The van der Waals surface area contributed by atoms with Crippen molar-refractivity contribution in [3.63, 3.8) is 0 Å². The summed E-state index contributed by atoms with van der Waals surface area (Å²) in [5.74, 6) is 0.877. The largest absolute Gasteiger partial charge is 0.487 e. The number of benzene rings is 2. The van der Waals surface area contributed by atoms with Crippen LogP contribution < -0.4 is 19.6 Å². The van der Waals surface area contributed by atoms with E-state index in [-0.39, 0.29) is 23.8 Å². The Bertz CT molecular complexity index is 822. The van der Waals surface area contributed by atoms with Crippen molar-refractivity contribution in [3.8, 4) is 11.5 Å². The summed E-state index contributed by atoms with van der Waals surface area (Å²) >= 11 is 0. The van der Waals surface area contributed by atoms with Crippen LogP contribution in [-0.4, -0.2) is 47.7 Å². The average molecular weight is 486 g/mol. The third-order valence-corrected chi connectivity index (χ3v) is 5.98. The number of nitrogens with one attached hydrogen (secondary N) is 2. The maximum Gasteiger partial charge on any atom is 0.126 e. The van der Waals surface area contributed by atoms with Crippen LogP contribution in [0.25, 0.3) is 0 Å². The summed E-state index contributed by atoms with van der Waals surface area (Å²) in [6.45, 7) is 0.928. The van der Waals surface area contributed by atoms with Crippen LogP contribution in [-0.2, 0) is 12.8 Å². The summed E-state index contributed by atoms with van der Waals surface area (Å²) in [7, 11) is 4.69. The number of aliphatic hydroxyl groups excluding tert-OH is 2. The summed E-state index contributed by atoms with van der Waals surface area (Å²) < 4.78 is 37.2. The summed E-state index contributed by atoms with van der Waals surface area (Å²) in [5.41, 5.74) is 1.75. The lowest BCUT2D eigenvalue weighted by Gasteiger charge is -2.29. The van der Waals surface area contributed by atoms with Gasteiger partial charge in [-0.15, -0.1) is 0 Å². The van der Waals surface area contributed by atoms with Crippen molar-refractivity contribution in [3.05, 3.63) is 59.2 Å². The summed E-state index contributed by atoms with van der Waals surface area (Å²) in [5, 5.41) is 25.2. The van der Waals surface area contributed by atoms with E-state index in [1.165, 1.54) is 24.3 Å². The van der Waals surface area contributed by atoms with Gasteiger partial charge in [0, 0.05) is 13.1 Å². The van der Waals surface area contributed by atoms with Gasteiger partial charge in [0.1, 0.15) is 47.5 Å². The molecule has 10 heteroatoms. The van der Waals surface area contributed by atoms with Gasteiger partial charge in [-0.2, -0.15) is 0 Å². The van der Waals surface area contributed by atoms with Crippen molar-refractivity contribution < 1.29 is 28.5 Å². The van der Waals surface area contributed by atoms with Crippen molar-refractivity contribution >= 4 is 18.8 Å². The van der Waals surface area contributed by atoms with Crippen LogP contribution in [0.5, 0.6) is 11.5 Å². The fourth-order valence-electron chi connectivity index (χ4n) is 3.80. The maximum absolute atomic E-state index is 13.0. The number of rotatable bonds is 6. The normalized spacial score (nSPS) is 21.1. The Morgan fingerprint density at radius 1 is 0.812 bits per heavy atom. The van der Waals surface area contributed by atoms with E-state index in [0.29, 0.717) is 37.4 Å². The molecule has 2 aromatic carbocycles. The van der Waals surface area contributed by atoms with Gasteiger partial charge in [-0.05, 0) is 73.2 Å². The second-order valence-electron chi connectivity index (χ2n) is 7.85. The van der Waals surface area contributed by atoms with Gasteiger partial charge in [-0.1, -0.05) is 18.8 Å². The molecule has 0 radical (unpaired) electrons. The lowest BCUT2D eigenvalue weighted by atomic mass is 9.99. The number of aryl methyl sites for hydroxylation is 2. The van der Waals surface area contributed by atoms with Gasteiger partial charge in [0.15, 0.2) is 0 Å². The molecule has 6 nitrogen and oxygen atoms in total. The topological polar surface area (TPSA) is 83.0 Å². The van der Waals surface area contributed by atoms with E-state index in [1.807, 2.05) is 0 Å². The molecular weight excluding hydrogens is 456 g/mol. The third-order valence-electron chi connectivity index (χ3n) is 5.51. The Kier molecular flexibility index (Phi) is 9.60. The molecule has 0 saturated heterocycles. The molecule has 32 heavy (non-hydrogen) atoms. The quantitative estimate of drug-likeness (QED) is 0.470. The zero-order chi connectivity index (χ0) is 23.1. The number of aliphatic hydroxyl groups is 2. The second kappa shape index (κ2) is 12.2. The highest BCUT2D eigenvalue weighted by Gasteiger charge is 2.27. The smallest absolute Gasteiger partial charge is 0.126 e. The Hall–Kier alpha value is -1.40. The van der Waals surface area contributed by atoms with Crippen LogP contribution in [0.1, 0.15) is 24.0 Å². The summed E-state index contributed by atoms with van der Waals surface area (Å²) in [6.07, 6.45) is 1.38. The first-order chi connectivity index (χ1) is 15.4. The number of hydrogen-bond acceptors (Lipinski definition) is 6. The number of hydrogen-bond donors (Lipinski definition) is 4. The Morgan fingerprint density at radius 3 is 1.59 bits per heavy atom. The molecule has 2 aliphatic rings. The van der Waals surface area contributed by atoms with Gasteiger partial charge in [-0.25, -0.2) is 8.78 Å². The Morgan fingerprint density at radius 2 is 1.22 bits per heavy atom. The molecule has 2 heterocycles. The molecule has 0 spiro atoms. The van der Waals surface area contributed by atoms with Crippen LogP contribution in [0, 0.1) is 11.6 Å². The van der Waals surface area contributed by atoms with E-state index >= 15 is 0 Å². The van der Waals surface area contributed by atoms with E-state index in [9.17, 15) is 19.0 Å². The van der Waals surface area contributed by atoms with Crippen LogP contribution in [0.3, 0.4) is 0 Å². The highest BCUT2D eigenvalue weighted by molar-refractivity contribution is 7.13. The van der Waals surface area contributed by atoms with E-state index in [2.05, 4.69) is 29.0 Å². The van der Waals surface area contributed by atoms with Gasteiger partial charge in [0.05, 0.1) is 0 Å². The van der Waals surface area contributed by atoms with Crippen LogP contribution in [0.15, 0.2) is 36.4 Å². The average Bonchev–Trinajstić information content (AvgIpc) is 2.79. The highest BCUT2D eigenvalue weighted by atomic mass is 31.0. The van der Waals surface area contributed by atoms with E-state index in [4.69, 9.17) is 9.47 Å². The molecule has 0 aromatic heterocycles. The highest BCUT2D eigenvalue weighted by Crippen LogP contribution is 2.30. The van der Waals surface area contributed by atoms with Crippen LogP contribution in [0.2, 0.25) is 0 Å². The van der Waals surface area contributed by atoms with Crippen molar-refractivity contribution in [1.29, 1.82) is 0 Å². The molecule has 0 aliphatic carbocycles. The van der Waals surface area contributed by atoms with Gasteiger partial charge >= 0.3 is 0 Å². The summed E-state index contributed by atoms with van der Waals surface area (Å²) in [6, 6.07) is 8.98. The minimum Gasteiger partial charge on any atom is -0.487 e. The zero-order valence-corrected chi connectivity index (χ0v) is 19.9. The minimum absolute atomic E-state index is 0.217. The predicted octanol–water partition coefficient (Wildman–Crippen LogP) is 2.52. The SMILES string of the molecule is O[C@H](CNP)[C@@H]1CCc2cc(F)ccc2O1.O[C@H](CNP)[C@H]1CCc2cc(F)ccc2O1. The number of ether oxygens (including phenoxy) is 2. The molecule has 4 N–H and O–H groups in total. The van der Waals surface area contributed by atoms with Crippen molar-refractivity contribution in [1.82, 2.24) is 10.2 Å². The second-order valence-corrected chi connectivity index (χ2v) is 8.66. The van der Waals surface area contributed by atoms with Crippen LogP contribution >= 0.6 is 18.8 Å². The fourth-order valence-corrected chi connectivity index (χ4v) is 4.29. The molecule has 6 atom stereocenters. The molecule has 2 aliphatic heterocycles. The Balaban J connectivity index is 0.000000181. The first kappa shape index (κ1) is 25.2. The monoisotopic (exact) mass is 486 g/mol. The zero-order valence-electron chi connectivity index (χ0n) is 17.6. The van der Waals surface area contributed by atoms with Gasteiger partial charge in [0.2, 0.25) is 0 Å². The molecule has 4 rings (SSSR count). The molecular formula is C22H30F2N2O4P2. The molecule has 0 amide bonds. The van der Waals surface area contributed by atoms with Crippen LogP contribution in [0.4, 0.5) is 8.78 Å². The Labute approximate surface area is 191 Å². The minimum atomic E-state index is -0.546. The third kappa shape index (κ3) is 6.80. The molecule has 0 saturated carbocycles. The van der Waals surface area contributed by atoms with E-state index in [0.717, 1.165) is 24.0 Å². The molecule has 0 fully saturated rings. The summed E-state index contributed by atoms with van der Waals surface area (Å²) in [4.78, 5) is 0. The van der Waals surface area contributed by atoms with Gasteiger partial charge in [0.25, 0.3) is 0 Å². The van der Waals surface area contributed by atoms with E-state index in [1.54, 1.807) is 12.1 Å². The first-order valence-corrected chi connectivity index (χ1v) is 11.7. The van der Waals surface area contributed by atoms with Crippen molar-refractivity contribution in [2.24, 2.45) is 0 Å². The first-order valence-electron chi connectivity index (χ1n) is 10.5. The van der Waals surface area contributed by atoms with Crippen molar-refractivity contribution in [2.45, 2.75) is 50.1 Å². The molecule has 2 aromatic rings. The molecule has 176 valence electrons. The maximum atomic E-state index is 13.0. The standard InChI is InChI=1S/2C11H15FNO2P/c2*12-8-2-4-10-7(5-8)1-3-11(15-10)9(14)6-13-16/h2*2,4-5,9,11,13-14H,1,3,6,16H2/t9-,11+;9-,11-/m11/s1. The predicted molar refractivity (Wildman–Crippen MR) is 126 cm³/mol. The van der Waals surface area contributed by atoms with Crippen molar-refractivity contribution in [2.75, 3.05) is 13.1 Å². The lowest BCUT2D eigenvalue weighted by Crippen LogP contribution is -2.39. The van der Waals surface area contributed by atoms with E-state index < -0.39 is 12.2 Å². The molecule has 2 unspecified atom stereocenters. The number of fused-ring (bicyclic) bond motifs is 2. The van der Waals surface area contributed by atoms with Gasteiger partial charge in [-0.3, -0.25) is 10.2 Å². The molecule has 0 bridgehead atoms. The van der Waals surface area contributed by atoms with Gasteiger partial charge < -0.3 is 19.7 Å². The lowest BCUT2D eigenvalue weighted by molar-refractivity contribution is 0.0278. The fraction of sp³-hybridized carbons (Fsp3) is 0.455. The number of halogens is 2.